The molecule has 2 aliphatic rings. The Morgan fingerprint density at radius 3 is 2.69 bits per heavy atom. The van der Waals surface area contributed by atoms with Gasteiger partial charge in [0.2, 0.25) is 5.95 Å². The third kappa shape index (κ3) is 5.60. The molecule has 206 valence electrons. The Hall–Kier alpha value is -3.95. The molecule has 3 aromatic rings. The highest BCUT2D eigenvalue weighted by molar-refractivity contribution is 5.74. The van der Waals surface area contributed by atoms with Gasteiger partial charge in [-0.05, 0) is 70.4 Å². The minimum absolute atomic E-state index is 0.00983. The quantitative estimate of drug-likeness (QED) is 0.433. The molecule has 2 aromatic carbocycles. The molecule has 0 atom stereocenters. The summed E-state index contributed by atoms with van der Waals surface area (Å²) in [5.41, 5.74) is 3.06. The first-order chi connectivity index (χ1) is 18.5. The van der Waals surface area contributed by atoms with Crippen LogP contribution in [0.5, 0.6) is 5.75 Å². The zero-order chi connectivity index (χ0) is 27.9. The van der Waals surface area contributed by atoms with E-state index in [1.165, 1.54) is 6.07 Å². The Bertz CT molecular complexity index is 1410. The summed E-state index contributed by atoms with van der Waals surface area (Å²) in [7, 11) is 0. The Labute approximate surface area is 227 Å². The molecule has 0 bridgehead atoms. The van der Waals surface area contributed by atoms with Crippen molar-refractivity contribution in [2.45, 2.75) is 59.2 Å². The molecule has 1 aromatic heterocycles. The average Bonchev–Trinajstić information content (AvgIpc) is 2.88. The van der Waals surface area contributed by atoms with Crippen LogP contribution in [0, 0.1) is 11.6 Å². The van der Waals surface area contributed by atoms with E-state index in [9.17, 15) is 9.18 Å². The van der Waals surface area contributed by atoms with Crippen molar-refractivity contribution in [3.8, 4) is 17.0 Å². The molecule has 0 radical (unpaired) electrons. The predicted octanol–water partition coefficient (Wildman–Crippen LogP) is 6.07. The first kappa shape index (κ1) is 26.6. The molecule has 1 amide bonds. The van der Waals surface area contributed by atoms with Crippen LogP contribution < -0.4 is 15.0 Å². The number of carbonyl (C=O) groups excluding carboxylic acids is 1. The summed E-state index contributed by atoms with van der Waals surface area (Å²) >= 11 is 0. The fourth-order valence-corrected chi connectivity index (χ4v) is 4.93. The zero-order valence-electron chi connectivity index (χ0n) is 22.8. The number of anilines is 3. The summed E-state index contributed by atoms with van der Waals surface area (Å²) in [5.74, 6) is -0.866. The number of hydrogen-bond acceptors (Lipinski definition) is 7. The van der Waals surface area contributed by atoms with Gasteiger partial charge in [0, 0.05) is 30.4 Å². The second-order valence-electron chi connectivity index (χ2n) is 11.1. The zero-order valence-corrected chi connectivity index (χ0v) is 22.8. The van der Waals surface area contributed by atoms with Crippen LogP contribution in [0.4, 0.5) is 30.9 Å². The lowest BCUT2D eigenvalue weighted by Crippen LogP contribution is -2.40. The van der Waals surface area contributed by atoms with E-state index in [4.69, 9.17) is 9.47 Å². The first-order valence-electron chi connectivity index (χ1n) is 13.1. The Morgan fingerprint density at radius 1 is 1.15 bits per heavy atom. The van der Waals surface area contributed by atoms with Crippen LogP contribution in [0.25, 0.3) is 11.3 Å². The van der Waals surface area contributed by atoms with E-state index in [0.717, 1.165) is 23.0 Å². The smallest absolute Gasteiger partial charge is 0.410 e. The van der Waals surface area contributed by atoms with Gasteiger partial charge >= 0.3 is 6.09 Å². The fraction of sp³-hybridized carbons (Fsp3) is 0.414. The number of aromatic nitrogens is 2. The molecule has 8 nitrogen and oxygen atoms in total. The van der Waals surface area contributed by atoms with Crippen molar-refractivity contribution < 1.29 is 23.0 Å². The van der Waals surface area contributed by atoms with Gasteiger partial charge in [-0.2, -0.15) is 0 Å². The Balaban J connectivity index is 1.42. The molecule has 0 fully saturated rings. The number of fused-ring (bicyclic) bond motifs is 2. The molecule has 1 N–H and O–H groups in total. The van der Waals surface area contributed by atoms with Crippen LogP contribution in [-0.4, -0.2) is 52.3 Å². The lowest BCUT2D eigenvalue weighted by atomic mass is 9.98. The standard InChI is InChI=1S/C29H33F2N5O3/c1-17(2)36-11-12-38-26-21(30)13-19(14-24(26)36)25-22(31)15-32-27(34-25)33-23-8-6-7-18-16-35(10-9-20(18)23)28(37)39-29(3,4)5/h6-8,13-15,17H,9-12,16H2,1-5H3,(H,32,33,34). The second-order valence-corrected chi connectivity index (χ2v) is 11.1. The third-order valence-electron chi connectivity index (χ3n) is 6.72. The largest absolute Gasteiger partial charge is 0.486 e. The van der Waals surface area contributed by atoms with Crippen LogP contribution in [0.15, 0.2) is 36.5 Å². The van der Waals surface area contributed by atoms with Gasteiger partial charge in [0.15, 0.2) is 17.4 Å². The number of nitrogens with zero attached hydrogens (tertiary/aromatic N) is 4. The lowest BCUT2D eigenvalue weighted by molar-refractivity contribution is 0.0224. The number of halogens is 2. The summed E-state index contributed by atoms with van der Waals surface area (Å²) in [6, 6.07) is 8.81. The van der Waals surface area contributed by atoms with Gasteiger partial charge in [-0.1, -0.05) is 12.1 Å². The number of ether oxygens (including phenoxy) is 2. The predicted molar refractivity (Wildman–Crippen MR) is 145 cm³/mol. The molecule has 2 aliphatic heterocycles. The van der Waals surface area contributed by atoms with E-state index in [-0.39, 0.29) is 29.5 Å². The molecule has 0 saturated heterocycles. The molecule has 0 unspecified atom stereocenters. The minimum Gasteiger partial charge on any atom is -0.486 e. The maximum atomic E-state index is 15.0. The second kappa shape index (κ2) is 10.3. The summed E-state index contributed by atoms with van der Waals surface area (Å²) in [5, 5.41) is 3.20. The van der Waals surface area contributed by atoms with Crippen molar-refractivity contribution in [2.75, 3.05) is 29.9 Å². The SMILES string of the molecule is CC(C)N1CCOc2c(F)cc(-c3nc(Nc4cccc5c4CCN(C(=O)OC(C)(C)C)C5)ncc3F)cc21. The van der Waals surface area contributed by atoms with Crippen LogP contribution >= 0.6 is 0 Å². The highest BCUT2D eigenvalue weighted by atomic mass is 19.1. The highest BCUT2D eigenvalue weighted by Gasteiger charge is 2.28. The van der Waals surface area contributed by atoms with Crippen LogP contribution in [0.1, 0.15) is 45.7 Å². The van der Waals surface area contributed by atoms with E-state index < -0.39 is 17.2 Å². The fourth-order valence-electron chi connectivity index (χ4n) is 4.93. The topological polar surface area (TPSA) is 79.8 Å². The van der Waals surface area contributed by atoms with E-state index in [2.05, 4.69) is 15.3 Å². The average molecular weight is 538 g/mol. The lowest BCUT2D eigenvalue weighted by Gasteiger charge is -2.34. The maximum Gasteiger partial charge on any atom is 0.410 e. The highest BCUT2D eigenvalue weighted by Crippen LogP contribution is 2.39. The first-order valence-corrected chi connectivity index (χ1v) is 13.1. The van der Waals surface area contributed by atoms with E-state index in [1.54, 1.807) is 11.0 Å². The van der Waals surface area contributed by atoms with Crippen molar-refractivity contribution in [3.63, 3.8) is 0 Å². The van der Waals surface area contributed by atoms with Gasteiger partial charge in [0.05, 0.1) is 18.4 Å². The van der Waals surface area contributed by atoms with Gasteiger partial charge < -0.3 is 24.6 Å². The summed E-state index contributed by atoms with van der Waals surface area (Å²) in [4.78, 5) is 24.8. The Kier molecular flexibility index (Phi) is 7.05. The van der Waals surface area contributed by atoms with Crippen LogP contribution in [0.2, 0.25) is 0 Å². The molecule has 5 rings (SSSR count). The third-order valence-corrected chi connectivity index (χ3v) is 6.72. The molecule has 0 spiro atoms. The number of nitrogens with one attached hydrogen (secondary N) is 1. The van der Waals surface area contributed by atoms with Crippen molar-refractivity contribution in [3.05, 3.63) is 59.3 Å². The van der Waals surface area contributed by atoms with E-state index in [1.807, 2.05) is 57.7 Å². The summed E-state index contributed by atoms with van der Waals surface area (Å²) < 4.78 is 41.1. The minimum atomic E-state index is -0.657. The van der Waals surface area contributed by atoms with Gasteiger partial charge in [-0.15, -0.1) is 0 Å². The summed E-state index contributed by atoms with van der Waals surface area (Å²) in [6.45, 7) is 11.5. The number of hydrogen-bond donors (Lipinski definition) is 1. The molecule has 0 aliphatic carbocycles. The normalized spacial score (nSPS) is 15.0. The number of amides is 1. The van der Waals surface area contributed by atoms with E-state index in [0.29, 0.717) is 43.9 Å². The maximum absolute atomic E-state index is 15.0. The molecule has 10 heteroatoms. The van der Waals surface area contributed by atoms with Gasteiger partial charge in [0.1, 0.15) is 17.9 Å². The molecule has 0 saturated carbocycles. The van der Waals surface area contributed by atoms with Gasteiger partial charge in [0.25, 0.3) is 0 Å². The van der Waals surface area contributed by atoms with Gasteiger partial charge in [-0.3, -0.25) is 0 Å². The van der Waals surface area contributed by atoms with Crippen molar-refractivity contribution in [1.82, 2.24) is 14.9 Å². The van der Waals surface area contributed by atoms with Crippen LogP contribution in [0.3, 0.4) is 0 Å². The summed E-state index contributed by atoms with van der Waals surface area (Å²) in [6.07, 6.45) is 1.34. The molecule has 3 heterocycles. The Morgan fingerprint density at radius 2 is 1.95 bits per heavy atom. The van der Waals surface area contributed by atoms with Crippen molar-refractivity contribution >= 4 is 23.4 Å². The molecule has 39 heavy (non-hydrogen) atoms. The number of rotatable bonds is 4. The van der Waals surface area contributed by atoms with Crippen molar-refractivity contribution in [2.24, 2.45) is 0 Å². The monoisotopic (exact) mass is 537 g/mol. The number of carbonyl (C=O) groups is 1. The molecular weight excluding hydrogens is 504 g/mol. The van der Waals surface area contributed by atoms with Crippen LogP contribution in [-0.2, 0) is 17.7 Å². The van der Waals surface area contributed by atoms with Crippen molar-refractivity contribution in [1.29, 1.82) is 0 Å². The van der Waals surface area contributed by atoms with Gasteiger partial charge in [-0.25, -0.2) is 23.5 Å². The van der Waals surface area contributed by atoms with E-state index >= 15 is 4.39 Å². The molecular formula is C29H33F2N5O3. The number of benzene rings is 2.